The molecule has 4 saturated heterocycles. The lowest BCUT2D eigenvalue weighted by Gasteiger charge is -2.48. The number of hydrogen-bond donors (Lipinski definition) is 3. The van der Waals surface area contributed by atoms with Crippen LogP contribution in [0.3, 0.4) is 0 Å². The standard InChI is InChI=1S/C25H26ClFN4O5S.C24H24ClFN4O5S.2CH4/c1-34-24(32)13-7-15-11-36-12-16(8-13)31(15)10-19-20(25(33)35-2)21(17-4-3-14(27)9-18(17)26)30-22(29-19)23-28-5-6-37-23;1-34-24(33)19-18(9-30-14-6-12(23(31)32)7-15(30)11-35-10-14)28-21(22-27-4-5-36-22)29-20(19)16-3-2-13(26)8-17(16)25;;/h3-6,9,13,15-16,21H,7-8,10-12H2,1-2H3,(H,29,30);2-5,8,12,14-15,20H,6-7,9-11H2,1H3,(H,28,29)(H,31,32);2*1H4/t13?,15?,16?,21-;12?,14?,15?,20-;;/m00../s1. The van der Waals surface area contributed by atoms with Crippen LogP contribution in [0.4, 0.5) is 8.78 Å². The molecule has 10 rings (SSSR count). The van der Waals surface area contributed by atoms with E-state index >= 15 is 0 Å². The number of carbonyl (C=O) groups is 4. The summed E-state index contributed by atoms with van der Waals surface area (Å²) in [5.74, 6) is -2.87. The predicted molar refractivity (Wildman–Crippen MR) is 279 cm³/mol. The number of carbonyl (C=O) groups excluding carboxylic acids is 3. The van der Waals surface area contributed by atoms with Crippen LogP contribution in [0, 0.1) is 23.5 Å². The summed E-state index contributed by atoms with van der Waals surface area (Å²) in [6.45, 7) is 2.41. The number of piperidine rings is 2. The number of aromatic nitrogens is 2. The van der Waals surface area contributed by atoms with Gasteiger partial charge in [0, 0.05) is 93.0 Å². The van der Waals surface area contributed by atoms with Crippen molar-refractivity contribution in [1.82, 2.24) is 30.4 Å². The zero-order valence-electron chi connectivity index (χ0n) is 39.6. The van der Waals surface area contributed by atoms with Gasteiger partial charge in [-0.15, -0.1) is 22.7 Å². The van der Waals surface area contributed by atoms with E-state index in [0.717, 1.165) is 0 Å². The largest absolute Gasteiger partial charge is 0.481 e. The number of morpholine rings is 2. The number of rotatable bonds is 12. The second-order valence-electron chi connectivity index (χ2n) is 18.0. The molecule has 4 aromatic rings. The summed E-state index contributed by atoms with van der Waals surface area (Å²) in [5, 5.41) is 21.4. The van der Waals surface area contributed by atoms with Crippen LogP contribution in [0.5, 0.6) is 0 Å². The van der Waals surface area contributed by atoms with Gasteiger partial charge in [-0.1, -0.05) is 50.2 Å². The lowest BCUT2D eigenvalue weighted by Crippen LogP contribution is -2.59. The van der Waals surface area contributed by atoms with Crippen molar-refractivity contribution in [3.8, 4) is 0 Å². The van der Waals surface area contributed by atoms with Crippen LogP contribution in [0.15, 0.2) is 92.1 Å². The normalized spacial score (nSPS) is 25.3. The zero-order chi connectivity index (χ0) is 51.5. The van der Waals surface area contributed by atoms with E-state index in [9.17, 15) is 33.1 Å². The van der Waals surface area contributed by atoms with Gasteiger partial charge < -0.3 is 39.4 Å². The number of ether oxygens (including phenoxy) is 5. The number of fused-ring (bicyclic) bond motifs is 4. The Labute approximate surface area is 450 Å². The molecule has 75 heavy (non-hydrogen) atoms. The topological polar surface area (TPSA) is 216 Å². The van der Waals surface area contributed by atoms with Gasteiger partial charge in [0.05, 0.1) is 70.7 Å². The van der Waals surface area contributed by atoms with Crippen molar-refractivity contribution in [3.63, 3.8) is 0 Å². The molecule has 18 nitrogen and oxygen atoms in total. The molecule has 8 heterocycles. The van der Waals surface area contributed by atoms with Gasteiger partial charge in [0.15, 0.2) is 21.7 Å². The average Bonchev–Trinajstić information content (AvgIpc) is 4.12. The summed E-state index contributed by atoms with van der Waals surface area (Å²) in [6, 6.07) is 5.97. The van der Waals surface area contributed by atoms with Gasteiger partial charge in [-0.3, -0.25) is 29.4 Å². The molecule has 0 saturated carbocycles. The number of thiazole rings is 2. The monoisotopic (exact) mass is 1110 g/mol. The van der Waals surface area contributed by atoms with Crippen molar-refractivity contribution >= 4 is 81.4 Å². The number of hydrogen-bond acceptors (Lipinski definition) is 19. The summed E-state index contributed by atoms with van der Waals surface area (Å²) >= 11 is 15.6. The third-order valence-electron chi connectivity index (χ3n) is 13.8. The maximum atomic E-state index is 13.9. The number of carboxylic acid groups (broad SMARTS) is 1. The number of nitrogens with one attached hydrogen (secondary N) is 2. The molecular formula is C51H58Cl2F2N8O10S2. The molecule has 0 aliphatic carbocycles. The Morgan fingerprint density at radius 1 is 0.667 bits per heavy atom. The van der Waals surface area contributed by atoms with E-state index < -0.39 is 47.5 Å². The second-order valence-corrected chi connectivity index (χ2v) is 20.6. The smallest absolute Gasteiger partial charge is 0.338 e. The molecule has 24 heteroatoms. The SMILES string of the molecule is C.C.COC(=O)C1=C(CN2C3COCC2CC(C(=O)O)C3)NC(c2nccs2)=N[C@H]1c1ccc(F)cc1Cl.COC(=O)C1=C(CN2C3COCC2CC(C(=O)OC)C3)NC(c2nccs2)=N[C@H]1c1ccc(F)cc1Cl. The minimum atomic E-state index is -0.853. The van der Waals surface area contributed by atoms with Gasteiger partial charge in [0.1, 0.15) is 23.7 Å². The third-order valence-corrected chi connectivity index (χ3v) is 16.0. The molecular weight excluding hydrogens is 1060 g/mol. The molecule has 4 fully saturated rings. The fourth-order valence-electron chi connectivity index (χ4n) is 10.4. The molecule has 0 amide bonds. The minimum absolute atomic E-state index is 0. The van der Waals surface area contributed by atoms with Crippen molar-refractivity contribution in [1.29, 1.82) is 0 Å². The van der Waals surface area contributed by atoms with Gasteiger partial charge in [-0.2, -0.15) is 0 Å². The average molecular weight is 1120 g/mol. The molecule has 6 aliphatic heterocycles. The fraction of sp³-hybridized carbons (Fsp3) is 0.451. The van der Waals surface area contributed by atoms with Gasteiger partial charge in [-0.25, -0.2) is 28.3 Å². The maximum absolute atomic E-state index is 13.9. The number of aliphatic carboxylic acids is 1. The number of carboxylic acids is 1. The molecule has 4 bridgehead atoms. The van der Waals surface area contributed by atoms with Gasteiger partial charge >= 0.3 is 23.9 Å². The van der Waals surface area contributed by atoms with E-state index in [1.165, 1.54) is 80.4 Å². The predicted octanol–water partition coefficient (Wildman–Crippen LogP) is 7.40. The highest BCUT2D eigenvalue weighted by Crippen LogP contribution is 2.41. The molecule has 0 spiro atoms. The van der Waals surface area contributed by atoms with E-state index in [1.807, 2.05) is 10.8 Å². The maximum Gasteiger partial charge on any atom is 0.338 e. The summed E-state index contributed by atoms with van der Waals surface area (Å²) < 4.78 is 54.5. The van der Waals surface area contributed by atoms with Crippen molar-refractivity contribution < 1.29 is 56.7 Å². The van der Waals surface area contributed by atoms with Crippen LogP contribution in [-0.4, -0.2) is 145 Å². The molecule has 4 unspecified atom stereocenters. The Kier molecular flexibility index (Phi) is 19.0. The summed E-state index contributed by atoms with van der Waals surface area (Å²) in [6.07, 6.45) is 5.40. The van der Waals surface area contributed by atoms with Gasteiger partial charge in [-0.05, 0) is 49.9 Å². The Morgan fingerprint density at radius 3 is 1.40 bits per heavy atom. The first-order valence-electron chi connectivity index (χ1n) is 23.2. The quantitative estimate of drug-likeness (QED) is 0.0931. The summed E-state index contributed by atoms with van der Waals surface area (Å²) in [4.78, 5) is 73.0. The Balaban J connectivity index is 0.000000213. The van der Waals surface area contributed by atoms with E-state index in [2.05, 4.69) is 30.4 Å². The molecule has 402 valence electrons. The van der Waals surface area contributed by atoms with Crippen molar-refractivity contribution in [2.45, 2.75) is 76.8 Å². The van der Waals surface area contributed by atoms with Crippen molar-refractivity contribution in [2.24, 2.45) is 21.8 Å². The van der Waals surface area contributed by atoms with Crippen LogP contribution in [0.25, 0.3) is 0 Å². The second kappa shape index (κ2) is 25.0. The van der Waals surface area contributed by atoms with E-state index in [4.69, 9.17) is 56.9 Å². The fourth-order valence-corrected chi connectivity index (χ4v) is 12.1. The molecule has 3 N–H and O–H groups in total. The van der Waals surface area contributed by atoms with Crippen LogP contribution < -0.4 is 10.6 Å². The van der Waals surface area contributed by atoms with Crippen molar-refractivity contribution in [2.75, 3.05) is 60.8 Å². The van der Waals surface area contributed by atoms with Gasteiger partial charge in [0.2, 0.25) is 0 Å². The number of esters is 3. The lowest BCUT2D eigenvalue weighted by molar-refractivity contribution is -0.154. The third kappa shape index (κ3) is 12.3. The number of halogens is 4. The summed E-state index contributed by atoms with van der Waals surface area (Å²) in [7, 11) is 4.00. The highest BCUT2D eigenvalue weighted by Gasteiger charge is 2.46. The highest BCUT2D eigenvalue weighted by atomic mass is 35.5. The van der Waals surface area contributed by atoms with E-state index in [1.54, 1.807) is 12.4 Å². The van der Waals surface area contributed by atoms with Crippen LogP contribution >= 0.6 is 45.9 Å². The van der Waals surface area contributed by atoms with Crippen molar-refractivity contribution in [3.05, 3.63) is 125 Å². The first-order chi connectivity index (χ1) is 35.2. The number of amidine groups is 2. The first kappa shape index (κ1) is 57.0. The number of methoxy groups -OCH3 is 3. The van der Waals surface area contributed by atoms with E-state index in [-0.39, 0.29) is 72.1 Å². The Bertz CT molecular complexity index is 2850. The van der Waals surface area contributed by atoms with Gasteiger partial charge in [0.25, 0.3) is 0 Å². The zero-order valence-corrected chi connectivity index (χ0v) is 42.7. The Morgan fingerprint density at radius 2 is 1.07 bits per heavy atom. The molecule has 2 aromatic heterocycles. The lowest BCUT2D eigenvalue weighted by atomic mass is 9.84. The summed E-state index contributed by atoms with van der Waals surface area (Å²) in [5.41, 5.74) is 2.61. The molecule has 2 aromatic carbocycles. The molecule has 6 atom stereocenters. The number of aliphatic imine (C=N–C) groups is 2. The van der Waals surface area contributed by atoms with Crippen LogP contribution in [0.2, 0.25) is 10.0 Å². The minimum Gasteiger partial charge on any atom is -0.481 e. The van der Waals surface area contributed by atoms with E-state index in [0.29, 0.717) is 109 Å². The first-order valence-corrected chi connectivity index (χ1v) is 25.8. The number of benzene rings is 2. The molecule has 0 radical (unpaired) electrons. The molecule has 6 aliphatic rings. The number of nitrogens with zero attached hydrogens (tertiary/aromatic N) is 6. The van der Waals surface area contributed by atoms with Crippen LogP contribution in [-0.2, 0) is 42.9 Å². The van der Waals surface area contributed by atoms with Crippen LogP contribution in [0.1, 0.15) is 73.8 Å². The Hall–Kier alpha value is -5.72. The highest BCUT2D eigenvalue weighted by molar-refractivity contribution is 7.12.